The maximum absolute atomic E-state index is 13.0. The predicted octanol–water partition coefficient (Wildman–Crippen LogP) is 6.00. The quantitative estimate of drug-likeness (QED) is 0.482. The Morgan fingerprint density at radius 1 is 1.24 bits per heavy atom. The highest BCUT2D eigenvalue weighted by molar-refractivity contribution is 7.16. The smallest absolute Gasteiger partial charge is 0.280 e. The number of hydrogen-bond donors (Lipinski definition) is 1. The fourth-order valence-corrected chi connectivity index (χ4v) is 5.67. The molecule has 0 bridgehead atoms. The van der Waals surface area contributed by atoms with E-state index in [0.717, 1.165) is 31.2 Å². The summed E-state index contributed by atoms with van der Waals surface area (Å²) in [5, 5.41) is 14.1. The second-order valence-electron chi connectivity index (χ2n) is 6.77. The molecule has 1 N–H and O–H groups in total. The number of aliphatic imine (C=N–C) groups is 1. The van der Waals surface area contributed by atoms with E-state index in [0.29, 0.717) is 32.5 Å². The van der Waals surface area contributed by atoms with Crippen LogP contribution in [0.5, 0.6) is 0 Å². The molecule has 5 nitrogen and oxygen atoms in total. The van der Waals surface area contributed by atoms with E-state index in [1.807, 2.05) is 0 Å². The number of fused-ring (bicyclic) bond motifs is 1. The summed E-state index contributed by atoms with van der Waals surface area (Å²) in [6.07, 6.45) is 5.61. The van der Waals surface area contributed by atoms with Gasteiger partial charge in [0.15, 0.2) is 0 Å². The van der Waals surface area contributed by atoms with Crippen LogP contribution in [0.4, 0.5) is 5.00 Å². The molecule has 4 rings (SSSR count). The largest absolute Gasteiger partial charge is 0.295 e. The molecule has 0 unspecified atom stereocenters. The van der Waals surface area contributed by atoms with E-state index < -0.39 is 0 Å². The summed E-state index contributed by atoms with van der Waals surface area (Å²) < 4.78 is 1.28. The Labute approximate surface area is 186 Å². The molecule has 0 amide bonds. The van der Waals surface area contributed by atoms with Crippen molar-refractivity contribution in [2.45, 2.75) is 32.6 Å². The summed E-state index contributed by atoms with van der Waals surface area (Å²) in [6, 6.07) is 5.33. The van der Waals surface area contributed by atoms with E-state index in [1.165, 1.54) is 39.2 Å². The van der Waals surface area contributed by atoms with Gasteiger partial charge in [0.1, 0.15) is 16.8 Å². The number of nitriles is 1. The summed E-state index contributed by atoms with van der Waals surface area (Å²) >= 11 is 20.0. The number of halogens is 3. The molecule has 29 heavy (non-hydrogen) atoms. The number of aromatic amines is 1. The molecule has 148 valence electrons. The highest BCUT2D eigenvalue weighted by Gasteiger charge is 2.21. The van der Waals surface area contributed by atoms with Crippen LogP contribution >= 0.6 is 46.1 Å². The fraction of sp³-hybridized carbons (Fsp3) is 0.250. The lowest BCUT2D eigenvalue weighted by atomic mass is 9.96. The van der Waals surface area contributed by atoms with Crippen molar-refractivity contribution in [3.63, 3.8) is 0 Å². The third-order valence-corrected chi connectivity index (χ3v) is 6.89. The number of nitrogens with zero attached hydrogens (tertiary/aromatic N) is 3. The Balaban J connectivity index is 1.77. The molecule has 2 heterocycles. The zero-order valence-corrected chi connectivity index (χ0v) is 18.4. The van der Waals surface area contributed by atoms with Crippen LogP contribution in [0.15, 0.2) is 21.9 Å². The second-order valence-corrected chi connectivity index (χ2v) is 9.10. The van der Waals surface area contributed by atoms with E-state index >= 15 is 0 Å². The molecule has 9 heteroatoms. The molecule has 0 saturated carbocycles. The highest BCUT2D eigenvalue weighted by atomic mass is 35.5. The first-order chi connectivity index (χ1) is 13.9. The Hall–Kier alpha value is -2.04. The van der Waals surface area contributed by atoms with Crippen LogP contribution in [-0.2, 0) is 12.8 Å². The minimum atomic E-state index is -0.336. The Morgan fingerprint density at radius 3 is 2.62 bits per heavy atom. The highest BCUT2D eigenvalue weighted by Crippen LogP contribution is 2.39. The van der Waals surface area contributed by atoms with Gasteiger partial charge in [-0.2, -0.15) is 5.26 Å². The number of aromatic nitrogens is 2. The zero-order chi connectivity index (χ0) is 20.7. The van der Waals surface area contributed by atoms with Crippen LogP contribution in [0.1, 0.15) is 40.1 Å². The average molecular weight is 466 g/mol. The number of hydrogen-bond acceptors (Lipinski definition) is 4. The molecule has 1 aliphatic rings. The third-order valence-electron chi connectivity index (χ3n) is 4.90. The lowest BCUT2D eigenvalue weighted by Crippen LogP contribution is -2.18. The van der Waals surface area contributed by atoms with Crippen molar-refractivity contribution in [3.8, 4) is 11.8 Å². The van der Waals surface area contributed by atoms with Crippen molar-refractivity contribution in [1.82, 2.24) is 9.78 Å². The predicted molar refractivity (Wildman–Crippen MR) is 119 cm³/mol. The van der Waals surface area contributed by atoms with E-state index in [-0.39, 0.29) is 15.6 Å². The molecule has 0 radical (unpaired) electrons. The van der Waals surface area contributed by atoms with Crippen LogP contribution in [0.25, 0.3) is 5.69 Å². The minimum Gasteiger partial charge on any atom is -0.295 e. The SMILES string of the molecule is Cc1[nH]n(-c2c(Cl)cc(Cl)cc2Cl)c(=O)c1/C=N/c1sc2c(c1C#N)CCCC2. The molecule has 0 atom stereocenters. The van der Waals surface area contributed by atoms with E-state index in [2.05, 4.69) is 16.2 Å². The van der Waals surface area contributed by atoms with Crippen LogP contribution in [0.2, 0.25) is 15.1 Å². The number of thiophene rings is 1. The van der Waals surface area contributed by atoms with Crippen LogP contribution < -0.4 is 5.56 Å². The summed E-state index contributed by atoms with van der Waals surface area (Å²) in [5.41, 5.74) is 2.71. The lowest BCUT2D eigenvalue weighted by Gasteiger charge is -2.09. The molecule has 0 aliphatic heterocycles. The van der Waals surface area contributed by atoms with Gasteiger partial charge in [-0.3, -0.25) is 9.89 Å². The number of nitrogens with one attached hydrogen (secondary N) is 1. The minimum absolute atomic E-state index is 0.257. The van der Waals surface area contributed by atoms with Gasteiger partial charge >= 0.3 is 0 Å². The summed E-state index contributed by atoms with van der Waals surface area (Å²) in [5.74, 6) is 0. The van der Waals surface area contributed by atoms with Crippen molar-refractivity contribution in [3.05, 3.63) is 64.8 Å². The topological polar surface area (TPSA) is 73.9 Å². The molecule has 1 aliphatic carbocycles. The molecular formula is C20H15Cl3N4OS. The maximum Gasteiger partial charge on any atom is 0.280 e. The van der Waals surface area contributed by atoms with Gasteiger partial charge < -0.3 is 0 Å². The molecule has 2 aromatic heterocycles. The molecule has 1 aromatic carbocycles. The van der Waals surface area contributed by atoms with Crippen molar-refractivity contribution >= 4 is 57.4 Å². The Bertz CT molecular complexity index is 1220. The van der Waals surface area contributed by atoms with Gasteiger partial charge in [0.2, 0.25) is 0 Å². The zero-order valence-electron chi connectivity index (χ0n) is 15.4. The molecule has 3 aromatic rings. The van der Waals surface area contributed by atoms with E-state index in [4.69, 9.17) is 34.8 Å². The van der Waals surface area contributed by atoms with Gasteiger partial charge in [-0.1, -0.05) is 34.8 Å². The van der Waals surface area contributed by atoms with Crippen LogP contribution in [0, 0.1) is 18.3 Å². The maximum atomic E-state index is 13.0. The van der Waals surface area contributed by atoms with Gasteiger partial charge in [-0.25, -0.2) is 9.67 Å². The fourth-order valence-electron chi connectivity index (χ4n) is 3.50. The summed E-state index contributed by atoms with van der Waals surface area (Å²) in [7, 11) is 0. The first-order valence-electron chi connectivity index (χ1n) is 8.96. The summed E-state index contributed by atoms with van der Waals surface area (Å²) in [4.78, 5) is 18.7. The van der Waals surface area contributed by atoms with Crippen molar-refractivity contribution in [2.75, 3.05) is 0 Å². The van der Waals surface area contributed by atoms with Gasteiger partial charge in [0, 0.05) is 21.8 Å². The average Bonchev–Trinajstić information content (AvgIpc) is 3.16. The monoisotopic (exact) mass is 464 g/mol. The van der Waals surface area contributed by atoms with Gasteiger partial charge in [0.05, 0.1) is 21.2 Å². The van der Waals surface area contributed by atoms with Gasteiger partial charge in [0.25, 0.3) is 5.56 Å². The van der Waals surface area contributed by atoms with Crippen molar-refractivity contribution in [1.29, 1.82) is 5.26 Å². The number of rotatable bonds is 3. The second kappa shape index (κ2) is 8.00. The number of H-pyrrole nitrogens is 1. The molecule has 0 saturated heterocycles. The van der Waals surface area contributed by atoms with Crippen molar-refractivity contribution < 1.29 is 0 Å². The Morgan fingerprint density at radius 2 is 1.93 bits per heavy atom. The molecule has 0 spiro atoms. The van der Waals surface area contributed by atoms with Crippen LogP contribution in [0.3, 0.4) is 0 Å². The van der Waals surface area contributed by atoms with Crippen molar-refractivity contribution in [2.24, 2.45) is 4.99 Å². The Kier molecular flexibility index (Phi) is 5.58. The van der Waals surface area contributed by atoms with E-state index in [9.17, 15) is 10.1 Å². The first-order valence-corrected chi connectivity index (χ1v) is 10.9. The summed E-state index contributed by atoms with van der Waals surface area (Å²) in [6.45, 7) is 1.77. The number of benzene rings is 1. The van der Waals surface area contributed by atoms with Crippen LogP contribution in [-0.4, -0.2) is 16.0 Å². The normalized spacial score (nSPS) is 13.6. The van der Waals surface area contributed by atoms with Gasteiger partial charge in [-0.15, -0.1) is 11.3 Å². The van der Waals surface area contributed by atoms with Gasteiger partial charge in [-0.05, 0) is 50.3 Å². The lowest BCUT2D eigenvalue weighted by molar-refractivity contribution is 0.696. The van der Waals surface area contributed by atoms with E-state index in [1.54, 1.807) is 6.92 Å². The molecule has 0 fully saturated rings. The third kappa shape index (κ3) is 3.64. The standard InChI is InChI=1S/C20H15Cl3N4OS/c1-10-14(9-25-19-13(8-24)12-4-2-3-5-17(12)29-19)20(28)27(26-10)18-15(22)6-11(21)7-16(18)23/h6-7,9,26H,2-5H2,1H3/b25-9+. The number of aryl methyl sites for hydroxylation is 2. The first kappa shape index (κ1) is 20.2. The molecular weight excluding hydrogens is 451 g/mol.